The number of benzene rings is 4. The standard InChI is InChI=1S/C31H28FN3O3S/c1-34(25-8-3-2-4-9-25)19-7-18-33-30(36)23-14-17-29-27(20-23)35(21-22-12-15-24(32)16-13-22)31(37)26-10-5-6-11-28(26)39(29)38/h2-6,8-17,20H,7,18-19,21H2,1H3,(H,33,36)/t39-/m1/s1. The van der Waals surface area contributed by atoms with Crippen molar-refractivity contribution in [2.75, 3.05) is 29.9 Å². The second kappa shape index (κ2) is 11.6. The molecule has 1 aliphatic rings. The zero-order valence-corrected chi connectivity index (χ0v) is 22.3. The Morgan fingerprint density at radius 1 is 0.923 bits per heavy atom. The summed E-state index contributed by atoms with van der Waals surface area (Å²) in [4.78, 5) is 31.3. The van der Waals surface area contributed by atoms with E-state index in [0.717, 1.165) is 18.7 Å². The highest BCUT2D eigenvalue weighted by Gasteiger charge is 2.31. The van der Waals surface area contributed by atoms with Crippen molar-refractivity contribution in [1.29, 1.82) is 0 Å². The molecule has 0 radical (unpaired) electrons. The molecule has 4 aromatic carbocycles. The van der Waals surface area contributed by atoms with Gasteiger partial charge in [-0.15, -0.1) is 0 Å². The van der Waals surface area contributed by atoms with Crippen LogP contribution >= 0.6 is 0 Å². The summed E-state index contributed by atoms with van der Waals surface area (Å²) < 4.78 is 27.1. The Hall–Kier alpha value is -4.30. The maximum Gasteiger partial charge on any atom is 0.259 e. The van der Waals surface area contributed by atoms with Crippen LogP contribution in [0.25, 0.3) is 0 Å². The van der Waals surface area contributed by atoms with Gasteiger partial charge >= 0.3 is 0 Å². The Bertz CT molecular complexity index is 1530. The van der Waals surface area contributed by atoms with Gasteiger partial charge in [-0.1, -0.05) is 42.5 Å². The van der Waals surface area contributed by atoms with Crippen molar-refractivity contribution in [1.82, 2.24) is 5.32 Å². The third-order valence-electron chi connectivity index (χ3n) is 6.68. The number of hydrogen-bond acceptors (Lipinski definition) is 4. The molecule has 1 N–H and O–H groups in total. The molecule has 0 spiro atoms. The van der Waals surface area contributed by atoms with Crippen molar-refractivity contribution < 1.29 is 18.2 Å². The fraction of sp³-hybridized carbons (Fsp3) is 0.161. The summed E-state index contributed by atoms with van der Waals surface area (Å²) in [6, 6.07) is 27.6. The number of rotatable bonds is 8. The number of nitrogens with zero attached hydrogens (tertiary/aromatic N) is 2. The van der Waals surface area contributed by atoms with Gasteiger partial charge in [-0.3, -0.25) is 9.59 Å². The molecule has 0 bridgehead atoms. The van der Waals surface area contributed by atoms with E-state index in [2.05, 4.69) is 10.2 Å². The van der Waals surface area contributed by atoms with E-state index in [4.69, 9.17) is 0 Å². The lowest BCUT2D eigenvalue weighted by Crippen LogP contribution is -2.31. The Balaban J connectivity index is 1.38. The lowest BCUT2D eigenvalue weighted by molar-refractivity contribution is 0.0949. The van der Waals surface area contributed by atoms with Gasteiger partial charge in [0, 0.05) is 31.4 Å². The first-order valence-electron chi connectivity index (χ1n) is 12.7. The third-order valence-corrected chi connectivity index (χ3v) is 8.18. The van der Waals surface area contributed by atoms with E-state index in [0.29, 0.717) is 38.7 Å². The third kappa shape index (κ3) is 5.76. The number of fused-ring (bicyclic) bond motifs is 2. The van der Waals surface area contributed by atoms with Crippen LogP contribution in [0.5, 0.6) is 0 Å². The molecule has 0 aromatic heterocycles. The summed E-state index contributed by atoms with van der Waals surface area (Å²) in [7, 11) is 0.386. The minimum atomic E-state index is -1.62. The maximum absolute atomic E-state index is 13.7. The predicted octanol–water partition coefficient (Wildman–Crippen LogP) is 5.41. The first-order valence-corrected chi connectivity index (χ1v) is 13.8. The summed E-state index contributed by atoms with van der Waals surface area (Å²) in [5.41, 5.74) is 2.91. The number of para-hydroxylation sites is 1. The lowest BCUT2D eigenvalue weighted by Gasteiger charge is -2.24. The molecule has 39 heavy (non-hydrogen) atoms. The fourth-order valence-corrected chi connectivity index (χ4v) is 5.91. The van der Waals surface area contributed by atoms with E-state index in [1.807, 2.05) is 37.4 Å². The van der Waals surface area contributed by atoms with Crippen molar-refractivity contribution in [3.8, 4) is 0 Å². The second-order valence-electron chi connectivity index (χ2n) is 9.33. The number of hydrogen-bond donors (Lipinski definition) is 1. The number of anilines is 2. The zero-order valence-electron chi connectivity index (χ0n) is 21.5. The second-order valence-corrected chi connectivity index (χ2v) is 10.7. The molecule has 0 saturated carbocycles. The van der Waals surface area contributed by atoms with Crippen molar-refractivity contribution in [2.24, 2.45) is 0 Å². The summed E-state index contributed by atoms with van der Waals surface area (Å²) in [6.07, 6.45) is 0.747. The van der Waals surface area contributed by atoms with Crippen LogP contribution in [0.3, 0.4) is 0 Å². The average Bonchev–Trinajstić information content (AvgIpc) is 3.06. The van der Waals surface area contributed by atoms with Gasteiger partial charge in [0.2, 0.25) is 0 Å². The highest BCUT2D eigenvalue weighted by Crippen LogP contribution is 2.36. The summed E-state index contributed by atoms with van der Waals surface area (Å²) >= 11 is 0. The molecule has 1 atom stereocenters. The van der Waals surface area contributed by atoms with Crippen LogP contribution in [-0.2, 0) is 17.3 Å². The molecule has 5 rings (SSSR count). The van der Waals surface area contributed by atoms with Gasteiger partial charge in [0.15, 0.2) is 0 Å². The van der Waals surface area contributed by atoms with E-state index in [1.165, 1.54) is 17.0 Å². The number of carbonyl (C=O) groups excluding carboxylic acids is 2. The summed E-state index contributed by atoms with van der Waals surface area (Å²) in [6.45, 7) is 1.38. The van der Waals surface area contributed by atoms with Crippen LogP contribution in [0.2, 0.25) is 0 Å². The van der Waals surface area contributed by atoms with Crippen LogP contribution < -0.4 is 15.1 Å². The van der Waals surface area contributed by atoms with Crippen LogP contribution in [0.1, 0.15) is 32.7 Å². The van der Waals surface area contributed by atoms with E-state index >= 15 is 0 Å². The highest BCUT2D eigenvalue weighted by molar-refractivity contribution is 7.85. The largest absolute Gasteiger partial charge is 0.375 e. The molecule has 0 aliphatic carbocycles. The monoisotopic (exact) mass is 541 g/mol. The first-order chi connectivity index (χ1) is 18.9. The minimum Gasteiger partial charge on any atom is -0.375 e. The number of halogens is 1. The fourth-order valence-electron chi connectivity index (χ4n) is 4.57. The highest BCUT2D eigenvalue weighted by atomic mass is 32.2. The first kappa shape index (κ1) is 26.3. The molecular formula is C31H28FN3O3S. The Morgan fingerprint density at radius 2 is 1.64 bits per heavy atom. The molecule has 0 saturated heterocycles. The predicted molar refractivity (Wildman–Crippen MR) is 151 cm³/mol. The van der Waals surface area contributed by atoms with Crippen molar-refractivity contribution in [2.45, 2.75) is 22.8 Å². The summed E-state index contributed by atoms with van der Waals surface area (Å²) in [5, 5.41) is 2.95. The Labute approximate surface area is 229 Å². The van der Waals surface area contributed by atoms with Crippen molar-refractivity contribution >= 4 is 34.0 Å². The molecule has 8 heteroatoms. The number of amides is 2. The van der Waals surface area contributed by atoms with Crippen LogP contribution in [0, 0.1) is 5.82 Å². The quantitative estimate of drug-likeness (QED) is 0.303. The van der Waals surface area contributed by atoms with Gasteiger partial charge in [0.25, 0.3) is 11.8 Å². The van der Waals surface area contributed by atoms with Crippen molar-refractivity contribution in [3.05, 3.63) is 120 Å². The molecular weight excluding hydrogens is 513 g/mol. The molecule has 4 aromatic rings. The van der Waals surface area contributed by atoms with Gasteiger partial charge in [0.1, 0.15) is 5.82 Å². The van der Waals surface area contributed by atoms with Gasteiger partial charge in [-0.25, -0.2) is 8.60 Å². The molecule has 2 amide bonds. The molecule has 0 unspecified atom stereocenters. The van der Waals surface area contributed by atoms with E-state index in [9.17, 15) is 18.2 Å². The lowest BCUT2D eigenvalue weighted by atomic mass is 10.1. The molecule has 198 valence electrons. The average molecular weight is 542 g/mol. The van der Waals surface area contributed by atoms with Crippen LogP contribution in [-0.4, -0.2) is 36.2 Å². The van der Waals surface area contributed by atoms with E-state index < -0.39 is 10.8 Å². The zero-order chi connectivity index (χ0) is 27.4. The molecule has 1 aliphatic heterocycles. The summed E-state index contributed by atoms with van der Waals surface area (Å²) in [5.74, 6) is -0.980. The molecule has 0 fully saturated rings. The molecule has 1 heterocycles. The van der Waals surface area contributed by atoms with Gasteiger partial charge in [0.05, 0.1) is 38.4 Å². The SMILES string of the molecule is CN(CCCNC(=O)c1ccc2c(c1)N(Cc1ccc(F)cc1)C(=O)c1ccccc1[S@]2=O)c1ccccc1. The van der Waals surface area contributed by atoms with E-state index in [1.54, 1.807) is 54.6 Å². The van der Waals surface area contributed by atoms with Crippen LogP contribution in [0.4, 0.5) is 15.8 Å². The maximum atomic E-state index is 13.7. The Kier molecular flexibility index (Phi) is 7.84. The van der Waals surface area contributed by atoms with Gasteiger partial charge in [-0.05, 0) is 66.6 Å². The van der Waals surface area contributed by atoms with Gasteiger partial charge < -0.3 is 15.1 Å². The minimum absolute atomic E-state index is 0.133. The van der Waals surface area contributed by atoms with E-state index in [-0.39, 0.29) is 24.2 Å². The normalized spacial score (nSPS) is 14.3. The van der Waals surface area contributed by atoms with Crippen LogP contribution in [0.15, 0.2) is 107 Å². The van der Waals surface area contributed by atoms with Crippen molar-refractivity contribution in [3.63, 3.8) is 0 Å². The number of carbonyl (C=O) groups is 2. The smallest absolute Gasteiger partial charge is 0.259 e. The molecule has 6 nitrogen and oxygen atoms in total. The Morgan fingerprint density at radius 3 is 2.41 bits per heavy atom. The van der Waals surface area contributed by atoms with Gasteiger partial charge in [-0.2, -0.15) is 0 Å². The topological polar surface area (TPSA) is 69.7 Å². The number of nitrogens with one attached hydrogen (secondary N) is 1.